The molecule has 3 rings (SSSR count). The van der Waals surface area contributed by atoms with E-state index in [0.29, 0.717) is 21.5 Å². The Hall–Kier alpha value is -2.82. The zero-order valence-corrected chi connectivity index (χ0v) is 18.5. The van der Waals surface area contributed by atoms with Crippen LogP contribution in [0.2, 0.25) is 10.0 Å². The number of nitrogens with zero attached hydrogens (tertiary/aromatic N) is 1. The number of hydrogen-bond donors (Lipinski definition) is 1. The maximum atomic E-state index is 12.1. The number of ether oxygens (including phenoxy) is 1. The highest BCUT2D eigenvalue weighted by molar-refractivity contribution is 6.32. The topological polar surface area (TPSA) is 50.7 Å². The van der Waals surface area contributed by atoms with E-state index in [4.69, 9.17) is 27.9 Å². The van der Waals surface area contributed by atoms with Crippen LogP contribution < -0.4 is 10.1 Å². The lowest BCUT2D eigenvalue weighted by molar-refractivity contribution is -0.118. The van der Waals surface area contributed by atoms with E-state index in [2.05, 4.69) is 24.2 Å². The molecule has 0 unspecified atom stereocenters. The Kier molecular flexibility index (Phi) is 7.14. The molecular formula is C24H22Cl2N2O2. The minimum atomic E-state index is -0.300. The summed E-state index contributed by atoms with van der Waals surface area (Å²) in [6.45, 7) is 5.86. The van der Waals surface area contributed by atoms with Crippen molar-refractivity contribution in [1.82, 2.24) is 0 Å². The molecule has 0 saturated heterocycles. The Labute approximate surface area is 186 Å². The molecule has 3 aromatic carbocycles. The van der Waals surface area contributed by atoms with Crippen LogP contribution in [-0.2, 0) is 4.79 Å². The number of carbonyl (C=O) groups excluding carboxylic acids is 1. The summed E-state index contributed by atoms with van der Waals surface area (Å²) in [7, 11) is 0. The number of rotatable bonds is 6. The summed E-state index contributed by atoms with van der Waals surface area (Å²) in [5.74, 6) is 0.128. The molecule has 0 aliphatic heterocycles. The summed E-state index contributed by atoms with van der Waals surface area (Å²) in [5.41, 5.74) is 5.69. The van der Waals surface area contributed by atoms with Crippen molar-refractivity contribution in [1.29, 1.82) is 0 Å². The highest BCUT2D eigenvalue weighted by Crippen LogP contribution is 2.26. The van der Waals surface area contributed by atoms with Gasteiger partial charge in [-0.15, -0.1) is 0 Å². The van der Waals surface area contributed by atoms with Crippen molar-refractivity contribution in [3.63, 3.8) is 0 Å². The largest absolute Gasteiger partial charge is 0.482 e. The first-order valence-corrected chi connectivity index (χ1v) is 10.2. The van der Waals surface area contributed by atoms with E-state index in [-0.39, 0.29) is 12.5 Å². The van der Waals surface area contributed by atoms with Crippen molar-refractivity contribution in [3.05, 3.63) is 86.9 Å². The molecule has 0 saturated carbocycles. The first-order valence-electron chi connectivity index (χ1n) is 9.41. The van der Waals surface area contributed by atoms with Crippen molar-refractivity contribution < 1.29 is 9.53 Å². The third-order valence-electron chi connectivity index (χ3n) is 4.62. The zero-order chi connectivity index (χ0) is 21.7. The summed E-state index contributed by atoms with van der Waals surface area (Å²) in [6.07, 6.45) is 1.74. The van der Waals surface area contributed by atoms with E-state index < -0.39 is 0 Å². The molecule has 0 heterocycles. The molecule has 3 aromatic rings. The number of aliphatic imine (C=N–C) groups is 1. The van der Waals surface area contributed by atoms with Crippen molar-refractivity contribution in [2.24, 2.45) is 4.99 Å². The van der Waals surface area contributed by atoms with Gasteiger partial charge in [0.25, 0.3) is 5.91 Å². The predicted molar refractivity (Wildman–Crippen MR) is 125 cm³/mol. The smallest absolute Gasteiger partial charge is 0.262 e. The number of benzene rings is 3. The first kappa shape index (κ1) is 21.9. The number of halogens is 2. The van der Waals surface area contributed by atoms with Gasteiger partial charge in [-0.25, -0.2) is 0 Å². The first-order chi connectivity index (χ1) is 14.3. The van der Waals surface area contributed by atoms with Gasteiger partial charge >= 0.3 is 0 Å². The molecule has 0 aliphatic carbocycles. The summed E-state index contributed by atoms with van der Waals surface area (Å²) in [4.78, 5) is 16.6. The number of aryl methyl sites for hydroxylation is 3. The molecule has 1 amide bonds. The van der Waals surface area contributed by atoms with Crippen LogP contribution in [-0.4, -0.2) is 18.7 Å². The molecule has 0 bridgehead atoms. The molecule has 0 fully saturated rings. The van der Waals surface area contributed by atoms with Crippen molar-refractivity contribution >= 4 is 46.7 Å². The summed E-state index contributed by atoms with van der Waals surface area (Å²) in [5, 5.41) is 3.75. The van der Waals surface area contributed by atoms with E-state index in [9.17, 15) is 4.79 Å². The lowest BCUT2D eigenvalue weighted by atomic mass is 10.1. The third kappa shape index (κ3) is 5.85. The fraction of sp³-hybridized carbons (Fsp3) is 0.167. The molecule has 154 valence electrons. The van der Waals surface area contributed by atoms with Gasteiger partial charge in [-0.1, -0.05) is 35.3 Å². The SMILES string of the molecule is Cc1ccc(N=Cc2ccc(OCC(=O)Nc3ccc(C)c(Cl)c3)c(Cl)c2)cc1C. The molecule has 1 N–H and O–H groups in total. The number of carbonyl (C=O) groups is 1. The Balaban J connectivity index is 1.59. The highest BCUT2D eigenvalue weighted by atomic mass is 35.5. The van der Waals surface area contributed by atoms with E-state index in [1.165, 1.54) is 11.1 Å². The van der Waals surface area contributed by atoms with Gasteiger partial charge in [-0.2, -0.15) is 0 Å². The van der Waals surface area contributed by atoms with Crippen LogP contribution in [0, 0.1) is 20.8 Å². The normalized spacial score (nSPS) is 11.0. The number of hydrogen-bond acceptors (Lipinski definition) is 3. The molecule has 4 nitrogen and oxygen atoms in total. The second-order valence-electron chi connectivity index (χ2n) is 7.02. The fourth-order valence-electron chi connectivity index (χ4n) is 2.68. The van der Waals surface area contributed by atoms with Crippen molar-refractivity contribution in [2.75, 3.05) is 11.9 Å². The third-order valence-corrected chi connectivity index (χ3v) is 5.33. The van der Waals surface area contributed by atoms with Crippen LogP contribution in [0.5, 0.6) is 5.75 Å². The van der Waals surface area contributed by atoms with E-state index in [1.807, 2.05) is 37.3 Å². The molecule has 0 aromatic heterocycles. The highest BCUT2D eigenvalue weighted by Gasteiger charge is 2.08. The summed E-state index contributed by atoms with van der Waals surface area (Å²) >= 11 is 12.4. The van der Waals surface area contributed by atoms with E-state index in [0.717, 1.165) is 16.8 Å². The molecule has 0 atom stereocenters. The Morgan fingerprint density at radius 1 is 0.933 bits per heavy atom. The van der Waals surface area contributed by atoms with Gasteiger partial charge in [0.05, 0.1) is 10.7 Å². The predicted octanol–water partition coefficient (Wildman–Crippen LogP) is 6.69. The van der Waals surface area contributed by atoms with Crippen LogP contribution in [0.3, 0.4) is 0 Å². The number of amides is 1. The van der Waals surface area contributed by atoms with E-state index in [1.54, 1.807) is 30.5 Å². The fourth-order valence-corrected chi connectivity index (χ4v) is 3.10. The average Bonchev–Trinajstić information content (AvgIpc) is 2.71. The minimum absolute atomic E-state index is 0.165. The van der Waals surface area contributed by atoms with Gasteiger partial charge in [-0.05, 0) is 85.5 Å². The van der Waals surface area contributed by atoms with Gasteiger partial charge < -0.3 is 10.1 Å². The monoisotopic (exact) mass is 440 g/mol. The van der Waals surface area contributed by atoms with Gasteiger partial charge in [0.2, 0.25) is 0 Å². The number of anilines is 1. The molecule has 0 spiro atoms. The summed E-state index contributed by atoms with van der Waals surface area (Å²) < 4.78 is 5.55. The minimum Gasteiger partial charge on any atom is -0.482 e. The zero-order valence-electron chi connectivity index (χ0n) is 17.0. The van der Waals surface area contributed by atoms with Gasteiger partial charge in [0, 0.05) is 16.9 Å². The van der Waals surface area contributed by atoms with Crippen molar-refractivity contribution in [2.45, 2.75) is 20.8 Å². The summed E-state index contributed by atoms with van der Waals surface area (Å²) in [6, 6.07) is 16.7. The van der Waals surface area contributed by atoms with Crippen LogP contribution in [0.4, 0.5) is 11.4 Å². The van der Waals surface area contributed by atoms with Crippen LogP contribution in [0.1, 0.15) is 22.3 Å². The standard InChI is InChI=1S/C24H22Cl2N2O2/c1-15-4-7-19(10-17(15)3)27-13-18-6-9-23(22(26)11-18)30-14-24(29)28-20-8-5-16(2)21(25)12-20/h4-13H,14H2,1-3H3,(H,28,29). The Bertz CT molecular complexity index is 1110. The quantitative estimate of drug-likeness (QED) is 0.434. The maximum Gasteiger partial charge on any atom is 0.262 e. The van der Waals surface area contributed by atoms with Crippen LogP contribution >= 0.6 is 23.2 Å². The maximum absolute atomic E-state index is 12.1. The van der Waals surface area contributed by atoms with Gasteiger partial charge in [0.15, 0.2) is 6.61 Å². The van der Waals surface area contributed by atoms with Crippen molar-refractivity contribution in [3.8, 4) is 5.75 Å². The van der Waals surface area contributed by atoms with Crippen LogP contribution in [0.15, 0.2) is 59.6 Å². The Morgan fingerprint density at radius 2 is 1.70 bits per heavy atom. The van der Waals surface area contributed by atoms with Crippen LogP contribution in [0.25, 0.3) is 0 Å². The van der Waals surface area contributed by atoms with E-state index >= 15 is 0 Å². The molecule has 30 heavy (non-hydrogen) atoms. The second-order valence-corrected chi connectivity index (χ2v) is 7.83. The molecular weight excluding hydrogens is 419 g/mol. The van der Waals surface area contributed by atoms with Gasteiger partial charge in [0.1, 0.15) is 5.75 Å². The Morgan fingerprint density at radius 3 is 2.40 bits per heavy atom. The second kappa shape index (κ2) is 9.79. The molecule has 6 heteroatoms. The molecule has 0 aliphatic rings. The molecule has 0 radical (unpaired) electrons. The lowest BCUT2D eigenvalue weighted by Crippen LogP contribution is -2.20. The number of nitrogens with one attached hydrogen (secondary N) is 1. The average molecular weight is 441 g/mol. The lowest BCUT2D eigenvalue weighted by Gasteiger charge is -2.10. The van der Waals surface area contributed by atoms with Gasteiger partial charge in [-0.3, -0.25) is 9.79 Å².